The molecule has 1 aromatic heterocycles. The molecule has 2 heterocycles. The number of aromatic nitrogens is 2. The van der Waals surface area contributed by atoms with Crippen molar-refractivity contribution in [2.45, 2.75) is 24.8 Å². The van der Waals surface area contributed by atoms with Crippen molar-refractivity contribution in [1.29, 1.82) is 0 Å². The summed E-state index contributed by atoms with van der Waals surface area (Å²) in [6, 6.07) is 0. The maximum Gasteiger partial charge on any atom is 0.248 e. The molecule has 0 bridgehead atoms. The van der Waals surface area contributed by atoms with Crippen LogP contribution in [-0.2, 0) is 26.4 Å². The summed E-state index contributed by atoms with van der Waals surface area (Å²) in [6.07, 6.45) is 2.21. The van der Waals surface area contributed by atoms with Gasteiger partial charge in [-0.05, 0) is 6.42 Å². The van der Waals surface area contributed by atoms with E-state index in [9.17, 15) is 16.8 Å². The van der Waals surface area contributed by atoms with Crippen molar-refractivity contribution in [3.63, 3.8) is 0 Å². The van der Waals surface area contributed by atoms with Crippen LogP contribution in [0.2, 0.25) is 0 Å². The largest absolute Gasteiger partial charge is 0.381 e. The van der Waals surface area contributed by atoms with Crippen LogP contribution in [0, 0.1) is 0 Å². The van der Waals surface area contributed by atoms with E-state index in [1.165, 1.54) is 10.9 Å². The van der Waals surface area contributed by atoms with E-state index >= 15 is 0 Å². The van der Waals surface area contributed by atoms with Crippen molar-refractivity contribution in [2.24, 2.45) is 0 Å². The van der Waals surface area contributed by atoms with Crippen molar-refractivity contribution < 1.29 is 16.8 Å². The van der Waals surface area contributed by atoms with E-state index in [0.29, 0.717) is 6.54 Å². The highest BCUT2D eigenvalue weighted by Gasteiger charge is 2.33. The number of anilines is 1. The zero-order valence-electron chi connectivity index (χ0n) is 11.2. The molecule has 10 heteroatoms. The average Bonchev–Trinajstić information content (AvgIpc) is 2.71. The van der Waals surface area contributed by atoms with Gasteiger partial charge in [-0.15, -0.1) is 0 Å². The van der Waals surface area contributed by atoms with Gasteiger partial charge in [0.2, 0.25) is 10.0 Å². The minimum Gasteiger partial charge on any atom is -0.381 e. The van der Waals surface area contributed by atoms with Crippen molar-refractivity contribution in [1.82, 2.24) is 14.1 Å². The smallest absolute Gasteiger partial charge is 0.248 e. The van der Waals surface area contributed by atoms with E-state index in [1.54, 1.807) is 0 Å². The van der Waals surface area contributed by atoms with Crippen molar-refractivity contribution in [2.75, 3.05) is 30.3 Å². The molecule has 0 saturated carbocycles. The molecule has 8 nitrogen and oxygen atoms in total. The van der Waals surface area contributed by atoms with Crippen LogP contribution >= 0.6 is 0 Å². The first-order valence-corrected chi connectivity index (χ1v) is 9.56. The van der Waals surface area contributed by atoms with E-state index in [-0.39, 0.29) is 35.3 Å². The van der Waals surface area contributed by atoms with Gasteiger partial charge in [0.15, 0.2) is 15.7 Å². The SMILES string of the molecule is CCCn1cc(S(=O)(=O)N2CCS(=O)(=O)CC2)c(N)n1. The normalized spacial score (nSPS) is 20.1. The van der Waals surface area contributed by atoms with Gasteiger partial charge in [0, 0.05) is 25.8 Å². The zero-order chi connectivity index (χ0) is 15.0. The van der Waals surface area contributed by atoms with E-state index in [4.69, 9.17) is 5.73 Å². The molecule has 2 rings (SSSR count). The minimum atomic E-state index is -3.78. The summed E-state index contributed by atoms with van der Waals surface area (Å²) in [5.74, 6) is -0.364. The second-order valence-corrected chi connectivity index (χ2v) is 8.91. The van der Waals surface area contributed by atoms with Crippen molar-refractivity contribution >= 4 is 25.7 Å². The van der Waals surface area contributed by atoms with Crippen LogP contribution in [0.25, 0.3) is 0 Å². The van der Waals surface area contributed by atoms with Gasteiger partial charge in [-0.25, -0.2) is 16.8 Å². The molecule has 0 atom stereocenters. The summed E-state index contributed by atoms with van der Waals surface area (Å²) >= 11 is 0. The molecule has 2 N–H and O–H groups in total. The van der Waals surface area contributed by atoms with Crippen LogP contribution < -0.4 is 5.73 Å². The second kappa shape index (κ2) is 5.34. The van der Waals surface area contributed by atoms with Gasteiger partial charge >= 0.3 is 0 Å². The Kier molecular flexibility index (Phi) is 4.07. The van der Waals surface area contributed by atoms with Gasteiger partial charge in [0.25, 0.3) is 0 Å². The van der Waals surface area contributed by atoms with E-state index in [2.05, 4.69) is 5.10 Å². The monoisotopic (exact) mass is 322 g/mol. The van der Waals surface area contributed by atoms with Crippen LogP contribution in [0.4, 0.5) is 5.82 Å². The number of sulfone groups is 1. The molecule has 0 radical (unpaired) electrons. The van der Waals surface area contributed by atoms with Crippen molar-refractivity contribution in [3.05, 3.63) is 6.20 Å². The lowest BCUT2D eigenvalue weighted by molar-refractivity contribution is 0.431. The standard InChI is InChI=1S/C10H18N4O4S2/c1-2-3-13-8-9(10(11)12-13)20(17,18)14-4-6-19(15,16)7-5-14/h8H,2-7H2,1H3,(H2,11,12). The van der Waals surface area contributed by atoms with Crippen LogP contribution in [0.5, 0.6) is 0 Å². The van der Waals surface area contributed by atoms with Gasteiger partial charge < -0.3 is 5.73 Å². The summed E-state index contributed by atoms with van der Waals surface area (Å²) in [4.78, 5) is -0.0507. The first-order valence-electron chi connectivity index (χ1n) is 6.30. The minimum absolute atomic E-state index is 0.0386. The Labute approximate surface area is 118 Å². The lowest BCUT2D eigenvalue weighted by atomic mass is 10.5. The number of hydrogen-bond acceptors (Lipinski definition) is 6. The summed E-state index contributed by atoms with van der Waals surface area (Å²) in [7, 11) is -6.91. The topological polar surface area (TPSA) is 115 Å². The summed E-state index contributed by atoms with van der Waals surface area (Å²) in [5, 5.41) is 3.96. The number of nitrogens with two attached hydrogens (primary N) is 1. The molecule has 1 saturated heterocycles. The number of aryl methyl sites for hydroxylation is 1. The van der Waals surface area contributed by atoms with Crippen LogP contribution in [0.15, 0.2) is 11.1 Å². The Hall–Kier alpha value is -1.13. The molecule has 0 amide bonds. The highest BCUT2D eigenvalue weighted by molar-refractivity contribution is 7.92. The lowest BCUT2D eigenvalue weighted by Crippen LogP contribution is -2.43. The quantitative estimate of drug-likeness (QED) is 0.783. The fourth-order valence-electron chi connectivity index (χ4n) is 2.04. The highest BCUT2D eigenvalue weighted by atomic mass is 32.2. The van der Waals surface area contributed by atoms with E-state index < -0.39 is 19.9 Å². The van der Waals surface area contributed by atoms with Crippen LogP contribution in [-0.4, -0.2) is 55.5 Å². The van der Waals surface area contributed by atoms with Crippen molar-refractivity contribution in [3.8, 4) is 0 Å². The van der Waals surface area contributed by atoms with Gasteiger partial charge in [0.1, 0.15) is 4.90 Å². The van der Waals surface area contributed by atoms with Crippen LogP contribution in [0.3, 0.4) is 0 Å². The summed E-state index contributed by atoms with van der Waals surface area (Å²) < 4.78 is 50.2. The zero-order valence-corrected chi connectivity index (χ0v) is 12.8. The molecule has 114 valence electrons. The van der Waals surface area contributed by atoms with Crippen LogP contribution in [0.1, 0.15) is 13.3 Å². The maximum absolute atomic E-state index is 12.4. The molecule has 0 aromatic carbocycles. The Balaban J connectivity index is 2.27. The molecule has 1 aromatic rings. The maximum atomic E-state index is 12.4. The number of rotatable bonds is 4. The Bertz CT molecular complexity index is 679. The number of nitrogens with zero attached hydrogens (tertiary/aromatic N) is 3. The molecular weight excluding hydrogens is 304 g/mol. The number of sulfonamides is 1. The predicted molar refractivity (Wildman–Crippen MR) is 74.3 cm³/mol. The first-order chi connectivity index (χ1) is 9.26. The molecule has 0 aliphatic carbocycles. The lowest BCUT2D eigenvalue weighted by Gasteiger charge is -2.25. The average molecular weight is 322 g/mol. The third-order valence-electron chi connectivity index (χ3n) is 3.13. The number of nitrogen functional groups attached to an aromatic ring is 1. The Morgan fingerprint density at radius 3 is 2.50 bits per heavy atom. The molecule has 20 heavy (non-hydrogen) atoms. The molecule has 0 unspecified atom stereocenters. The highest BCUT2D eigenvalue weighted by Crippen LogP contribution is 2.22. The predicted octanol–water partition coefficient (Wildman–Crippen LogP) is -0.706. The summed E-state index contributed by atoms with van der Waals surface area (Å²) in [5.41, 5.74) is 5.66. The number of hydrogen-bond donors (Lipinski definition) is 1. The molecular formula is C10H18N4O4S2. The van der Waals surface area contributed by atoms with Gasteiger partial charge in [0.05, 0.1) is 11.5 Å². The molecule has 1 aliphatic rings. The molecule has 0 spiro atoms. The Morgan fingerprint density at radius 1 is 1.35 bits per heavy atom. The summed E-state index contributed by atoms with van der Waals surface area (Å²) in [6.45, 7) is 2.45. The second-order valence-electron chi connectivity index (χ2n) is 4.70. The molecule has 1 fully saturated rings. The van der Waals surface area contributed by atoms with Gasteiger partial charge in [-0.2, -0.15) is 9.40 Å². The fraction of sp³-hybridized carbons (Fsp3) is 0.700. The molecule has 1 aliphatic heterocycles. The third-order valence-corrected chi connectivity index (χ3v) is 6.65. The van der Waals surface area contributed by atoms with E-state index in [0.717, 1.165) is 10.7 Å². The van der Waals surface area contributed by atoms with Gasteiger partial charge in [-0.1, -0.05) is 6.92 Å². The first kappa shape index (κ1) is 15.3. The van der Waals surface area contributed by atoms with Gasteiger partial charge in [-0.3, -0.25) is 4.68 Å². The van der Waals surface area contributed by atoms with E-state index in [1.807, 2.05) is 6.92 Å². The fourth-order valence-corrected chi connectivity index (χ4v) is 4.97. The third kappa shape index (κ3) is 2.96. The Morgan fingerprint density at radius 2 is 1.95 bits per heavy atom.